The summed E-state index contributed by atoms with van der Waals surface area (Å²) in [5.41, 5.74) is 10.4. The number of carbonyl (C=O) groups is 2. The summed E-state index contributed by atoms with van der Waals surface area (Å²) < 4.78 is 5.78. The van der Waals surface area contributed by atoms with Crippen molar-refractivity contribution >= 4 is 19.0 Å². The van der Waals surface area contributed by atoms with E-state index in [9.17, 15) is 29.9 Å². The second-order valence-electron chi connectivity index (χ2n) is 8.50. The van der Waals surface area contributed by atoms with Gasteiger partial charge < -0.3 is 41.8 Å². The molecule has 1 amide bonds. The summed E-state index contributed by atoms with van der Waals surface area (Å²) in [6, 6.07) is 3.03. The van der Waals surface area contributed by atoms with E-state index in [2.05, 4.69) is 5.32 Å². The highest BCUT2D eigenvalue weighted by Gasteiger charge is 2.48. The average molecular weight is 436 g/mol. The molecule has 0 bridgehead atoms. The molecule has 1 aromatic rings. The van der Waals surface area contributed by atoms with E-state index in [1.54, 1.807) is 13.0 Å². The lowest BCUT2D eigenvalue weighted by atomic mass is 9.81. The van der Waals surface area contributed by atoms with Crippen molar-refractivity contribution in [1.29, 1.82) is 0 Å². The molecular weight excluding hydrogens is 407 g/mol. The third kappa shape index (κ3) is 5.10. The van der Waals surface area contributed by atoms with Gasteiger partial charge in [-0.2, -0.15) is 0 Å². The van der Waals surface area contributed by atoms with Crippen molar-refractivity contribution in [2.24, 2.45) is 11.5 Å². The van der Waals surface area contributed by atoms with Crippen LogP contribution in [0.25, 0.3) is 0 Å². The number of aromatic carboxylic acids is 1. The SMILES string of the molecule is C[C@@](N)(CN1CC(Oc2ccc([C@@H]3C[C@@H]3B(O)O)c(O)c2C(=O)O)C1)C(=O)NCCN. The fraction of sp³-hybridized carbons (Fsp3) is 0.579. The number of carbonyl (C=O) groups excluding carboxylic acids is 1. The molecule has 1 aliphatic heterocycles. The molecule has 12 heteroatoms. The van der Waals surface area contributed by atoms with Gasteiger partial charge in [0.2, 0.25) is 5.91 Å². The van der Waals surface area contributed by atoms with E-state index >= 15 is 0 Å². The zero-order chi connectivity index (χ0) is 22.9. The molecule has 0 aromatic heterocycles. The van der Waals surface area contributed by atoms with Crippen LogP contribution in [0.1, 0.15) is 35.2 Å². The number of nitrogens with zero attached hydrogens (tertiary/aromatic N) is 1. The average Bonchev–Trinajstić information content (AvgIpc) is 3.44. The Hall–Kier alpha value is -2.38. The Morgan fingerprint density at radius 1 is 1.35 bits per heavy atom. The second kappa shape index (κ2) is 9.01. The molecule has 0 unspecified atom stereocenters. The highest BCUT2D eigenvalue weighted by atomic mass is 16.5. The summed E-state index contributed by atoms with van der Waals surface area (Å²) in [5.74, 6) is -2.75. The first-order valence-electron chi connectivity index (χ1n) is 10.2. The number of nitrogens with one attached hydrogen (secondary N) is 1. The molecule has 31 heavy (non-hydrogen) atoms. The van der Waals surface area contributed by atoms with E-state index in [4.69, 9.17) is 16.2 Å². The highest BCUT2D eigenvalue weighted by molar-refractivity contribution is 6.44. The number of aromatic hydroxyl groups is 1. The summed E-state index contributed by atoms with van der Waals surface area (Å²) >= 11 is 0. The zero-order valence-corrected chi connectivity index (χ0v) is 17.3. The molecule has 1 saturated heterocycles. The van der Waals surface area contributed by atoms with Crippen LogP contribution in [0.4, 0.5) is 0 Å². The molecule has 9 N–H and O–H groups in total. The van der Waals surface area contributed by atoms with Crippen molar-refractivity contribution in [3.05, 3.63) is 23.3 Å². The Morgan fingerprint density at radius 2 is 2.03 bits per heavy atom. The second-order valence-corrected chi connectivity index (χ2v) is 8.50. The van der Waals surface area contributed by atoms with Crippen LogP contribution < -0.4 is 21.5 Å². The van der Waals surface area contributed by atoms with Gasteiger partial charge in [0.1, 0.15) is 28.7 Å². The zero-order valence-electron chi connectivity index (χ0n) is 17.3. The molecule has 2 aliphatic rings. The van der Waals surface area contributed by atoms with Crippen LogP contribution in [-0.4, -0.2) is 88.5 Å². The summed E-state index contributed by atoms with van der Waals surface area (Å²) in [7, 11) is -1.51. The minimum Gasteiger partial charge on any atom is -0.507 e. The smallest absolute Gasteiger partial charge is 0.455 e. The third-order valence-corrected chi connectivity index (χ3v) is 5.72. The van der Waals surface area contributed by atoms with E-state index in [0.29, 0.717) is 44.7 Å². The number of likely N-dealkylation sites (tertiary alicyclic amines) is 1. The highest BCUT2D eigenvalue weighted by Crippen LogP contribution is 2.56. The van der Waals surface area contributed by atoms with Crippen molar-refractivity contribution in [3.63, 3.8) is 0 Å². The first-order chi connectivity index (χ1) is 14.5. The van der Waals surface area contributed by atoms with Crippen LogP contribution in [0.2, 0.25) is 5.82 Å². The van der Waals surface area contributed by atoms with E-state index in [0.717, 1.165) is 0 Å². The number of phenols is 1. The molecule has 3 rings (SSSR count). The van der Waals surface area contributed by atoms with Gasteiger partial charge in [-0.15, -0.1) is 0 Å². The number of amides is 1. The number of nitrogens with two attached hydrogens (primary N) is 2. The van der Waals surface area contributed by atoms with E-state index in [1.165, 1.54) is 6.07 Å². The van der Waals surface area contributed by atoms with E-state index in [1.807, 2.05) is 4.90 Å². The minimum absolute atomic E-state index is 0.0383. The predicted molar refractivity (Wildman–Crippen MR) is 112 cm³/mol. The molecule has 1 aliphatic carbocycles. The van der Waals surface area contributed by atoms with Crippen molar-refractivity contribution in [2.45, 2.75) is 36.7 Å². The third-order valence-electron chi connectivity index (χ3n) is 5.72. The van der Waals surface area contributed by atoms with E-state index in [-0.39, 0.29) is 29.2 Å². The Morgan fingerprint density at radius 3 is 2.58 bits per heavy atom. The Balaban J connectivity index is 1.61. The minimum atomic E-state index is -1.51. The lowest BCUT2D eigenvalue weighted by molar-refractivity contribution is -0.127. The standard InChI is InChI=1S/C19H29BN4O7/c1-19(22,18(28)23-5-4-21)9-24-7-10(8-24)31-14-3-2-11(12-6-13(12)20(29)30)16(25)15(14)17(26)27/h2-3,10,12-13,25,29-30H,4-9,21-22H2,1H3,(H,23,28)(H,26,27)/t12-,13-,19+/m0/s1. The molecule has 0 radical (unpaired) electrons. The van der Waals surface area contributed by atoms with Gasteiger partial charge in [-0.05, 0) is 30.9 Å². The molecule has 0 spiro atoms. The van der Waals surface area contributed by atoms with Crippen molar-refractivity contribution in [2.75, 3.05) is 32.7 Å². The molecule has 170 valence electrons. The quantitative estimate of drug-likeness (QED) is 0.208. The van der Waals surface area contributed by atoms with Crippen LogP contribution in [0, 0.1) is 0 Å². The summed E-state index contributed by atoms with van der Waals surface area (Å²) in [6.45, 7) is 3.47. The van der Waals surface area contributed by atoms with Gasteiger partial charge in [-0.25, -0.2) is 4.79 Å². The van der Waals surface area contributed by atoms with Gasteiger partial charge in [-0.1, -0.05) is 6.07 Å². The largest absolute Gasteiger partial charge is 0.507 e. The van der Waals surface area contributed by atoms with Crippen molar-refractivity contribution < 1.29 is 34.6 Å². The van der Waals surface area contributed by atoms with Gasteiger partial charge >= 0.3 is 13.1 Å². The van der Waals surface area contributed by atoms with Crippen molar-refractivity contribution in [3.8, 4) is 11.5 Å². The maximum atomic E-state index is 12.1. The number of ether oxygens (including phenoxy) is 1. The molecule has 1 heterocycles. The lowest BCUT2D eigenvalue weighted by Gasteiger charge is -2.42. The van der Waals surface area contributed by atoms with Gasteiger partial charge in [0, 0.05) is 38.5 Å². The van der Waals surface area contributed by atoms with Crippen LogP contribution in [-0.2, 0) is 4.79 Å². The fourth-order valence-electron chi connectivity index (χ4n) is 3.92. The number of hydrogen-bond acceptors (Lipinski definition) is 9. The van der Waals surface area contributed by atoms with Crippen LogP contribution in [0.15, 0.2) is 12.1 Å². The lowest BCUT2D eigenvalue weighted by Crippen LogP contribution is -2.64. The van der Waals surface area contributed by atoms with Gasteiger partial charge in [0.25, 0.3) is 0 Å². The molecule has 1 saturated carbocycles. The Bertz CT molecular complexity index is 845. The number of hydrogen-bond donors (Lipinski definition) is 7. The normalized spacial score (nSPS) is 22.9. The number of benzene rings is 1. The summed E-state index contributed by atoms with van der Waals surface area (Å²) in [5, 5.41) is 41.3. The first-order valence-corrected chi connectivity index (χ1v) is 10.2. The number of rotatable bonds is 10. The van der Waals surface area contributed by atoms with Crippen LogP contribution in [0.3, 0.4) is 0 Å². The van der Waals surface area contributed by atoms with Crippen molar-refractivity contribution in [1.82, 2.24) is 10.2 Å². The van der Waals surface area contributed by atoms with Crippen LogP contribution >= 0.6 is 0 Å². The molecule has 11 nitrogen and oxygen atoms in total. The predicted octanol–water partition coefficient (Wildman–Crippen LogP) is -1.72. The topological polar surface area (TPSA) is 192 Å². The monoisotopic (exact) mass is 436 g/mol. The molecular formula is C19H29BN4O7. The van der Waals surface area contributed by atoms with Gasteiger partial charge in [0.15, 0.2) is 0 Å². The number of carboxylic acids is 1. The Kier molecular flexibility index (Phi) is 6.77. The van der Waals surface area contributed by atoms with Crippen LogP contribution in [0.5, 0.6) is 11.5 Å². The maximum Gasteiger partial charge on any atom is 0.455 e. The molecule has 3 atom stereocenters. The molecule has 2 fully saturated rings. The summed E-state index contributed by atoms with van der Waals surface area (Å²) in [4.78, 5) is 25.8. The summed E-state index contributed by atoms with van der Waals surface area (Å²) in [6.07, 6.45) is 0.137. The van der Waals surface area contributed by atoms with E-state index < -0.39 is 30.2 Å². The number of carboxylic acid groups (broad SMARTS) is 1. The molecule has 1 aromatic carbocycles. The fourth-order valence-corrected chi connectivity index (χ4v) is 3.92. The maximum absolute atomic E-state index is 12.1. The van der Waals surface area contributed by atoms with Gasteiger partial charge in [-0.3, -0.25) is 9.69 Å². The Labute approximate surface area is 180 Å². The van der Waals surface area contributed by atoms with Gasteiger partial charge in [0.05, 0.1) is 0 Å². The first kappa shape index (κ1) is 23.3.